The van der Waals surface area contributed by atoms with Crippen LogP contribution in [0.5, 0.6) is 0 Å². The Labute approximate surface area is 135 Å². The zero-order valence-corrected chi connectivity index (χ0v) is 13.2. The van der Waals surface area contributed by atoms with Gasteiger partial charge in [-0.25, -0.2) is 0 Å². The van der Waals surface area contributed by atoms with E-state index in [0.29, 0.717) is 9.90 Å². The number of carbonyl (C=O) groups is 3. The minimum atomic E-state index is -1.04. The van der Waals surface area contributed by atoms with Gasteiger partial charge in [-0.3, -0.25) is 14.4 Å². The average molecular weight is 341 g/mol. The number of carbonyl (C=O) groups excluding carboxylic acids is 3. The molecule has 2 aromatic rings. The third-order valence-corrected chi connectivity index (χ3v) is 4.52. The number of hydrogen-bond acceptors (Lipinski definition) is 5. The first kappa shape index (κ1) is 16.3. The number of fused-ring (bicyclic) bond motifs is 1. The van der Waals surface area contributed by atoms with Gasteiger partial charge < -0.3 is 15.8 Å². The summed E-state index contributed by atoms with van der Waals surface area (Å²) in [7, 11) is 0. The maximum atomic E-state index is 12.1. The van der Waals surface area contributed by atoms with Crippen LogP contribution in [0.1, 0.15) is 16.6 Å². The van der Waals surface area contributed by atoms with E-state index in [0.717, 1.165) is 10.1 Å². The number of nitrogens with one attached hydrogen (secondary N) is 1. The molecule has 1 unspecified atom stereocenters. The molecule has 116 valence electrons. The first-order chi connectivity index (χ1) is 10.4. The number of primary amides is 1. The largest absolute Gasteiger partial charge is 0.451 e. The average Bonchev–Trinajstić information content (AvgIpc) is 2.82. The van der Waals surface area contributed by atoms with E-state index in [1.165, 1.54) is 18.3 Å². The lowest BCUT2D eigenvalue weighted by Gasteiger charge is -2.09. The van der Waals surface area contributed by atoms with Gasteiger partial charge >= 0.3 is 5.97 Å². The second-order valence-electron chi connectivity index (χ2n) is 4.46. The van der Waals surface area contributed by atoms with E-state index in [9.17, 15) is 14.4 Å². The van der Waals surface area contributed by atoms with E-state index >= 15 is 0 Å². The van der Waals surface area contributed by atoms with Gasteiger partial charge in [0.1, 0.15) is 11.4 Å². The SMILES string of the molecule is CC(OC(=O)CNC(=O)c1sc2ccccc2c1Cl)C(N)=O. The zero-order valence-electron chi connectivity index (χ0n) is 11.6. The third-order valence-electron chi connectivity index (χ3n) is 2.84. The summed E-state index contributed by atoms with van der Waals surface area (Å²) in [6.07, 6.45) is -1.04. The van der Waals surface area contributed by atoms with Gasteiger partial charge in [0.2, 0.25) is 0 Å². The van der Waals surface area contributed by atoms with E-state index in [2.05, 4.69) is 5.32 Å². The van der Waals surface area contributed by atoms with E-state index in [-0.39, 0.29) is 6.54 Å². The fraction of sp³-hybridized carbons (Fsp3) is 0.214. The number of amides is 2. The summed E-state index contributed by atoms with van der Waals surface area (Å²) in [5, 5.41) is 3.53. The number of nitrogens with two attached hydrogens (primary N) is 1. The minimum absolute atomic E-state index is 0.318. The van der Waals surface area contributed by atoms with Crippen molar-refractivity contribution in [2.75, 3.05) is 6.54 Å². The van der Waals surface area contributed by atoms with Crippen molar-refractivity contribution in [3.63, 3.8) is 0 Å². The summed E-state index contributed by atoms with van der Waals surface area (Å²) in [4.78, 5) is 34.6. The smallest absolute Gasteiger partial charge is 0.326 e. The van der Waals surface area contributed by atoms with E-state index < -0.39 is 23.9 Å². The molecule has 0 saturated heterocycles. The van der Waals surface area contributed by atoms with Crippen LogP contribution in [0, 0.1) is 0 Å². The van der Waals surface area contributed by atoms with Crippen LogP contribution in [-0.4, -0.2) is 30.4 Å². The highest BCUT2D eigenvalue weighted by Crippen LogP contribution is 2.34. The molecule has 0 radical (unpaired) electrons. The molecule has 6 nitrogen and oxygen atoms in total. The van der Waals surface area contributed by atoms with Gasteiger partial charge in [-0.1, -0.05) is 29.8 Å². The quantitative estimate of drug-likeness (QED) is 0.809. The molecule has 0 spiro atoms. The second kappa shape index (κ2) is 6.76. The first-order valence-electron chi connectivity index (χ1n) is 6.34. The molecule has 0 aliphatic rings. The number of rotatable bonds is 5. The number of halogens is 1. The summed E-state index contributed by atoms with van der Waals surface area (Å²) in [5.41, 5.74) is 4.97. The predicted molar refractivity (Wildman–Crippen MR) is 83.9 cm³/mol. The topological polar surface area (TPSA) is 98.5 Å². The molecule has 1 aromatic heterocycles. The first-order valence-corrected chi connectivity index (χ1v) is 7.53. The van der Waals surface area contributed by atoms with Gasteiger partial charge in [0, 0.05) is 10.1 Å². The summed E-state index contributed by atoms with van der Waals surface area (Å²) in [5.74, 6) is -1.99. The second-order valence-corrected chi connectivity index (χ2v) is 5.89. The molecule has 1 heterocycles. The Bertz CT molecular complexity index is 744. The van der Waals surface area contributed by atoms with Gasteiger partial charge in [-0.2, -0.15) is 0 Å². The molecule has 0 aliphatic heterocycles. The summed E-state index contributed by atoms with van der Waals surface area (Å²) in [6, 6.07) is 7.34. The van der Waals surface area contributed by atoms with E-state index in [1.54, 1.807) is 0 Å². The Morgan fingerprint density at radius 2 is 2.05 bits per heavy atom. The van der Waals surface area contributed by atoms with Gasteiger partial charge in [0.15, 0.2) is 6.10 Å². The fourth-order valence-corrected chi connectivity index (χ4v) is 3.12. The Balaban J connectivity index is 2.01. The van der Waals surface area contributed by atoms with Crippen molar-refractivity contribution in [2.45, 2.75) is 13.0 Å². The highest BCUT2D eigenvalue weighted by Gasteiger charge is 2.19. The van der Waals surface area contributed by atoms with Crippen LogP contribution in [0.3, 0.4) is 0 Å². The Morgan fingerprint density at radius 3 is 2.68 bits per heavy atom. The summed E-state index contributed by atoms with van der Waals surface area (Å²) >= 11 is 7.40. The number of esters is 1. The molecule has 8 heteroatoms. The van der Waals surface area contributed by atoms with Crippen LogP contribution < -0.4 is 11.1 Å². The number of thiophene rings is 1. The van der Waals surface area contributed by atoms with Gasteiger partial charge in [-0.05, 0) is 13.0 Å². The summed E-state index contributed by atoms with van der Waals surface area (Å²) in [6.45, 7) is 0.978. The van der Waals surface area contributed by atoms with Crippen LogP contribution in [0.2, 0.25) is 5.02 Å². The number of ether oxygens (including phenoxy) is 1. The Hall–Kier alpha value is -2.12. The molecule has 2 amide bonds. The van der Waals surface area contributed by atoms with Crippen LogP contribution >= 0.6 is 22.9 Å². The van der Waals surface area contributed by atoms with Crippen molar-refractivity contribution in [3.05, 3.63) is 34.2 Å². The van der Waals surface area contributed by atoms with Crippen LogP contribution in [0.4, 0.5) is 0 Å². The van der Waals surface area contributed by atoms with Crippen LogP contribution in [0.25, 0.3) is 10.1 Å². The van der Waals surface area contributed by atoms with Crippen molar-refractivity contribution in [2.24, 2.45) is 5.73 Å². The predicted octanol–water partition coefficient (Wildman–Crippen LogP) is 1.70. The molecule has 22 heavy (non-hydrogen) atoms. The summed E-state index contributed by atoms with van der Waals surface area (Å²) < 4.78 is 5.61. The van der Waals surface area contributed by atoms with Crippen molar-refractivity contribution >= 4 is 50.8 Å². The van der Waals surface area contributed by atoms with Gasteiger partial charge in [0.05, 0.1) is 5.02 Å². The molecule has 3 N–H and O–H groups in total. The Morgan fingerprint density at radius 1 is 1.36 bits per heavy atom. The van der Waals surface area contributed by atoms with Crippen LogP contribution in [-0.2, 0) is 14.3 Å². The highest BCUT2D eigenvalue weighted by molar-refractivity contribution is 7.21. The maximum absolute atomic E-state index is 12.1. The zero-order chi connectivity index (χ0) is 16.3. The molecule has 0 fully saturated rings. The molecule has 1 aromatic carbocycles. The van der Waals surface area contributed by atoms with Crippen molar-refractivity contribution in [1.82, 2.24) is 5.32 Å². The highest BCUT2D eigenvalue weighted by atomic mass is 35.5. The minimum Gasteiger partial charge on any atom is -0.451 e. The Kier molecular flexibility index (Phi) is 4.99. The third kappa shape index (κ3) is 3.55. The normalized spacial score (nSPS) is 11.9. The fourth-order valence-electron chi connectivity index (χ4n) is 1.69. The molecule has 0 saturated carbocycles. The van der Waals surface area contributed by atoms with Crippen molar-refractivity contribution in [3.8, 4) is 0 Å². The van der Waals surface area contributed by atoms with E-state index in [4.69, 9.17) is 22.1 Å². The van der Waals surface area contributed by atoms with Gasteiger partial charge in [0.25, 0.3) is 11.8 Å². The molecule has 0 bridgehead atoms. The maximum Gasteiger partial charge on any atom is 0.326 e. The van der Waals surface area contributed by atoms with Crippen molar-refractivity contribution < 1.29 is 19.1 Å². The monoisotopic (exact) mass is 340 g/mol. The number of hydrogen-bond donors (Lipinski definition) is 2. The lowest BCUT2D eigenvalue weighted by atomic mass is 10.2. The van der Waals surface area contributed by atoms with Gasteiger partial charge in [-0.15, -0.1) is 11.3 Å². The standard InChI is InChI=1S/C14H13ClN2O4S/c1-7(13(16)19)21-10(18)6-17-14(20)12-11(15)8-4-2-3-5-9(8)22-12/h2-5,7H,6H2,1H3,(H2,16,19)(H,17,20). The molecule has 0 aliphatic carbocycles. The van der Waals surface area contributed by atoms with Crippen molar-refractivity contribution in [1.29, 1.82) is 0 Å². The molecule has 1 atom stereocenters. The van der Waals surface area contributed by atoms with E-state index in [1.807, 2.05) is 24.3 Å². The lowest BCUT2D eigenvalue weighted by Crippen LogP contribution is -2.36. The lowest BCUT2D eigenvalue weighted by molar-refractivity contribution is -0.152. The van der Waals surface area contributed by atoms with Crippen LogP contribution in [0.15, 0.2) is 24.3 Å². The number of benzene rings is 1. The molecular formula is C14H13ClN2O4S. The molecular weight excluding hydrogens is 328 g/mol. The molecule has 2 rings (SSSR count).